The average Bonchev–Trinajstić information content (AvgIpc) is 2.37. The monoisotopic (exact) mass is 275 g/mol. The quantitative estimate of drug-likeness (QED) is 0.689. The van der Waals surface area contributed by atoms with Gasteiger partial charge in [-0.25, -0.2) is 0 Å². The van der Waals surface area contributed by atoms with E-state index in [9.17, 15) is 4.79 Å². The first-order chi connectivity index (χ1) is 9.02. The fraction of sp³-hybridized carbons (Fsp3) is 0.133. The maximum absolute atomic E-state index is 12.4. The van der Waals surface area contributed by atoms with Crippen LogP contribution in [0.5, 0.6) is 5.75 Å². The lowest BCUT2D eigenvalue weighted by Crippen LogP contribution is -2.05. The van der Waals surface area contributed by atoms with Crippen LogP contribution in [0.25, 0.3) is 0 Å². The Bertz CT molecular complexity index is 638. The van der Waals surface area contributed by atoms with Crippen LogP contribution in [0, 0.1) is 6.92 Å². The van der Waals surface area contributed by atoms with E-state index >= 15 is 0 Å². The van der Waals surface area contributed by atoms with Gasteiger partial charge in [0.05, 0.1) is 12.1 Å². The van der Waals surface area contributed by atoms with Crippen LogP contribution in [0.4, 0.5) is 5.69 Å². The van der Waals surface area contributed by atoms with Gasteiger partial charge >= 0.3 is 0 Å². The summed E-state index contributed by atoms with van der Waals surface area (Å²) in [6.07, 6.45) is 0. The van der Waals surface area contributed by atoms with Crippen molar-refractivity contribution in [3.8, 4) is 5.75 Å². The van der Waals surface area contributed by atoms with Crippen molar-refractivity contribution in [2.24, 2.45) is 0 Å². The lowest BCUT2D eigenvalue weighted by Gasteiger charge is -2.09. The predicted molar refractivity (Wildman–Crippen MR) is 77.0 cm³/mol. The first kappa shape index (κ1) is 13.4. The second-order valence-corrected chi connectivity index (χ2v) is 4.66. The number of aryl methyl sites for hydroxylation is 1. The van der Waals surface area contributed by atoms with Gasteiger partial charge in [0.25, 0.3) is 0 Å². The topological polar surface area (TPSA) is 52.3 Å². The van der Waals surface area contributed by atoms with Gasteiger partial charge in [-0.2, -0.15) is 0 Å². The highest BCUT2D eigenvalue weighted by Crippen LogP contribution is 2.25. The van der Waals surface area contributed by atoms with Gasteiger partial charge in [-0.15, -0.1) is 0 Å². The Labute approximate surface area is 117 Å². The summed E-state index contributed by atoms with van der Waals surface area (Å²) in [5, 5.41) is 0.361. The molecule has 0 fully saturated rings. The van der Waals surface area contributed by atoms with Gasteiger partial charge in [0.2, 0.25) is 0 Å². The fourth-order valence-electron chi connectivity index (χ4n) is 1.88. The normalized spacial score (nSPS) is 10.3. The maximum atomic E-state index is 12.4. The molecule has 0 aliphatic heterocycles. The Balaban J connectivity index is 2.44. The number of carbonyl (C=O) groups is 1. The van der Waals surface area contributed by atoms with E-state index < -0.39 is 0 Å². The van der Waals surface area contributed by atoms with E-state index in [4.69, 9.17) is 22.1 Å². The van der Waals surface area contributed by atoms with E-state index in [0.29, 0.717) is 21.8 Å². The number of nitrogen functional groups attached to an aromatic ring is 1. The third-order valence-electron chi connectivity index (χ3n) is 2.92. The molecule has 0 saturated carbocycles. The number of halogens is 1. The molecular formula is C15H14ClNO2. The number of rotatable bonds is 3. The molecule has 0 atom stereocenters. The molecule has 0 unspecified atom stereocenters. The van der Waals surface area contributed by atoms with Crippen molar-refractivity contribution >= 4 is 23.1 Å². The van der Waals surface area contributed by atoms with Crippen molar-refractivity contribution in [1.82, 2.24) is 0 Å². The van der Waals surface area contributed by atoms with Crippen LogP contribution in [-0.4, -0.2) is 12.9 Å². The standard InChI is InChI=1S/C15H14ClNO2/c1-9-7-11(19-2)4-6-12(9)15(18)13-5-3-10(17)8-14(13)16/h3-8H,17H2,1-2H3. The number of benzene rings is 2. The van der Waals surface area contributed by atoms with Crippen LogP contribution in [0.2, 0.25) is 5.02 Å². The Morgan fingerprint density at radius 3 is 2.42 bits per heavy atom. The molecule has 3 nitrogen and oxygen atoms in total. The molecule has 0 aromatic heterocycles. The fourth-order valence-corrected chi connectivity index (χ4v) is 2.15. The van der Waals surface area contributed by atoms with E-state index in [1.54, 1.807) is 37.4 Å². The molecular weight excluding hydrogens is 262 g/mol. The van der Waals surface area contributed by atoms with Crippen molar-refractivity contribution in [2.75, 3.05) is 12.8 Å². The molecule has 98 valence electrons. The second-order valence-electron chi connectivity index (χ2n) is 4.25. The molecule has 0 amide bonds. The number of hydrogen-bond acceptors (Lipinski definition) is 3. The molecule has 19 heavy (non-hydrogen) atoms. The summed E-state index contributed by atoms with van der Waals surface area (Å²) in [5.74, 6) is 0.600. The summed E-state index contributed by atoms with van der Waals surface area (Å²) in [6, 6.07) is 10.2. The zero-order chi connectivity index (χ0) is 14.0. The maximum Gasteiger partial charge on any atom is 0.194 e. The lowest BCUT2D eigenvalue weighted by atomic mass is 9.98. The highest BCUT2D eigenvalue weighted by Gasteiger charge is 2.15. The number of anilines is 1. The Hall–Kier alpha value is -2.00. The largest absolute Gasteiger partial charge is 0.497 e. The minimum absolute atomic E-state index is 0.120. The molecule has 0 heterocycles. The zero-order valence-electron chi connectivity index (χ0n) is 10.7. The van der Waals surface area contributed by atoms with Gasteiger partial charge in [0, 0.05) is 16.8 Å². The summed E-state index contributed by atoms with van der Waals surface area (Å²) in [7, 11) is 1.59. The molecule has 4 heteroatoms. The van der Waals surface area contributed by atoms with Crippen molar-refractivity contribution in [1.29, 1.82) is 0 Å². The number of ether oxygens (including phenoxy) is 1. The first-order valence-corrected chi connectivity index (χ1v) is 6.15. The summed E-state index contributed by atoms with van der Waals surface area (Å²) < 4.78 is 5.12. The van der Waals surface area contributed by atoms with Crippen LogP contribution >= 0.6 is 11.6 Å². The van der Waals surface area contributed by atoms with Crippen LogP contribution in [0.1, 0.15) is 21.5 Å². The van der Waals surface area contributed by atoms with Gasteiger partial charge in [-0.05, 0) is 48.9 Å². The van der Waals surface area contributed by atoms with Crippen LogP contribution in [-0.2, 0) is 0 Å². The third-order valence-corrected chi connectivity index (χ3v) is 3.23. The number of carbonyl (C=O) groups excluding carboxylic acids is 1. The van der Waals surface area contributed by atoms with Crippen molar-refractivity contribution in [2.45, 2.75) is 6.92 Å². The minimum atomic E-state index is -0.120. The van der Waals surface area contributed by atoms with E-state index in [0.717, 1.165) is 11.3 Å². The van der Waals surface area contributed by atoms with Crippen LogP contribution in [0.15, 0.2) is 36.4 Å². The Kier molecular flexibility index (Phi) is 3.76. The third kappa shape index (κ3) is 2.71. The summed E-state index contributed by atoms with van der Waals surface area (Å²) in [6.45, 7) is 1.86. The average molecular weight is 276 g/mol. The molecule has 0 bridgehead atoms. The predicted octanol–water partition coefficient (Wildman–Crippen LogP) is 3.47. The lowest BCUT2D eigenvalue weighted by molar-refractivity contribution is 0.103. The Morgan fingerprint density at radius 1 is 1.16 bits per heavy atom. The van der Waals surface area contributed by atoms with E-state index in [-0.39, 0.29) is 5.78 Å². The summed E-state index contributed by atoms with van der Waals surface area (Å²) in [5.41, 5.74) is 8.05. The van der Waals surface area contributed by atoms with Crippen molar-refractivity contribution < 1.29 is 9.53 Å². The smallest absolute Gasteiger partial charge is 0.194 e. The second kappa shape index (κ2) is 5.33. The van der Waals surface area contributed by atoms with Crippen molar-refractivity contribution in [3.63, 3.8) is 0 Å². The zero-order valence-corrected chi connectivity index (χ0v) is 11.5. The minimum Gasteiger partial charge on any atom is -0.497 e. The van der Waals surface area contributed by atoms with Gasteiger partial charge in [0.1, 0.15) is 5.75 Å². The van der Waals surface area contributed by atoms with Gasteiger partial charge in [-0.3, -0.25) is 4.79 Å². The van der Waals surface area contributed by atoms with E-state index in [2.05, 4.69) is 0 Å². The molecule has 0 radical (unpaired) electrons. The summed E-state index contributed by atoms with van der Waals surface area (Å²) in [4.78, 5) is 12.4. The SMILES string of the molecule is COc1ccc(C(=O)c2ccc(N)cc2Cl)c(C)c1. The molecule has 0 spiro atoms. The van der Waals surface area contributed by atoms with Gasteiger partial charge in [-0.1, -0.05) is 11.6 Å². The Morgan fingerprint density at radius 2 is 1.84 bits per heavy atom. The number of methoxy groups -OCH3 is 1. The number of ketones is 1. The molecule has 2 N–H and O–H groups in total. The first-order valence-electron chi connectivity index (χ1n) is 5.77. The highest BCUT2D eigenvalue weighted by molar-refractivity contribution is 6.35. The van der Waals surface area contributed by atoms with Gasteiger partial charge in [0.15, 0.2) is 5.78 Å². The van der Waals surface area contributed by atoms with Crippen LogP contribution < -0.4 is 10.5 Å². The number of nitrogens with two attached hydrogens (primary N) is 1. The van der Waals surface area contributed by atoms with E-state index in [1.807, 2.05) is 13.0 Å². The van der Waals surface area contributed by atoms with Gasteiger partial charge < -0.3 is 10.5 Å². The molecule has 2 aromatic rings. The molecule has 0 saturated heterocycles. The van der Waals surface area contributed by atoms with Crippen molar-refractivity contribution in [3.05, 3.63) is 58.1 Å². The molecule has 2 rings (SSSR count). The summed E-state index contributed by atoms with van der Waals surface area (Å²) >= 11 is 6.06. The van der Waals surface area contributed by atoms with E-state index in [1.165, 1.54) is 0 Å². The molecule has 0 aliphatic rings. The molecule has 0 aliphatic carbocycles. The van der Waals surface area contributed by atoms with Crippen LogP contribution in [0.3, 0.4) is 0 Å². The highest BCUT2D eigenvalue weighted by atomic mass is 35.5. The molecule has 2 aromatic carbocycles. The number of hydrogen-bond donors (Lipinski definition) is 1.